The number of hydrogen-bond acceptors (Lipinski definition) is 3. The van der Waals surface area contributed by atoms with Crippen molar-refractivity contribution in [2.45, 2.75) is 0 Å². The zero-order valence-electron chi connectivity index (χ0n) is 27.7. The van der Waals surface area contributed by atoms with Crippen molar-refractivity contribution < 1.29 is 4.42 Å². The molecule has 0 aliphatic heterocycles. The highest BCUT2D eigenvalue weighted by molar-refractivity contribution is 7.26. The Morgan fingerprint density at radius 1 is 0.392 bits per heavy atom. The molecule has 10 aromatic rings. The Bertz CT molecular complexity index is 2790. The molecule has 51 heavy (non-hydrogen) atoms. The molecule has 2 aromatic heterocycles. The van der Waals surface area contributed by atoms with Gasteiger partial charge in [-0.15, -0.1) is 11.3 Å². The van der Waals surface area contributed by atoms with E-state index in [0.29, 0.717) is 0 Å². The van der Waals surface area contributed by atoms with Gasteiger partial charge in [0.1, 0.15) is 11.2 Å². The average molecular weight is 670 g/mol. The lowest BCUT2D eigenvalue weighted by molar-refractivity contribution is 0.669. The summed E-state index contributed by atoms with van der Waals surface area (Å²) in [5.74, 6) is 0. The number of para-hydroxylation sites is 1. The number of anilines is 3. The standard InChI is InChI=1S/C48H31NOS/c1-4-15-32(16-5-1)35-29-36(33-17-6-2-7-18-33)31-37(30-35)49(41-23-14-25-44-47(41)39-21-10-12-24-43(39)50-44)42-28-27-38(34-19-8-3-9-20-34)46-40-22-11-13-26-45(40)51-48(42)46/h1-31H. The van der Waals surface area contributed by atoms with Crippen molar-refractivity contribution in [2.24, 2.45) is 0 Å². The molecule has 0 aliphatic rings. The predicted molar refractivity (Wildman–Crippen MR) is 218 cm³/mol. The van der Waals surface area contributed by atoms with Crippen LogP contribution in [-0.2, 0) is 0 Å². The van der Waals surface area contributed by atoms with Gasteiger partial charge in [0.25, 0.3) is 0 Å². The maximum Gasteiger partial charge on any atom is 0.137 e. The molecule has 8 aromatic carbocycles. The fourth-order valence-electron chi connectivity index (χ4n) is 7.53. The van der Waals surface area contributed by atoms with Gasteiger partial charge >= 0.3 is 0 Å². The summed E-state index contributed by atoms with van der Waals surface area (Å²) < 4.78 is 9.00. The summed E-state index contributed by atoms with van der Waals surface area (Å²) in [5.41, 5.74) is 12.2. The number of hydrogen-bond donors (Lipinski definition) is 0. The smallest absolute Gasteiger partial charge is 0.137 e. The van der Waals surface area contributed by atoms with E-state index in [1.165, 1.54) is 42.4 Å². The van der Waals surface area contributed by atoms with Gasteiger partial charge in [0.05, 0.1) is 21.5 Å². The van der Waals surface area contributed by atoms with Crippen LogP contribution in [-0.4, -0.2) is 0 Å². The Morgan fingerprint density at radius 2 is 0.980 bits per heavy atom. The monoisotopic (exact) mass is 669 g/mol. The highest BCUT2D eigenvalue weighted by Crippen LogP contribution is 2.51. The van der Waals surface area contributed by atoms with E-state index in [1.807, 2.05) is 17.4 Å². The molecule has 0 saturated carbocycles. The van der Waals surface area contributed by atoms with Crippen LogP contribution in [0.25, 0.3) is 75.5 Å². The van der Waals surface area contributed by atoms with Crippen molar-refractivity contribution in [3.63, 3.8) is 0 Å². The molecule has 2 heterocycles. The molecule has 0 spiro atoms. The van der Waals surface area contributed by atoms with Crippen molar-refractivity contribution in [3.8, 4) is 33.4 Å². The molecule has 240 valence electrons. The fourth-order valence-corrected chi connectivity index (χ4v) is 8.77. The van der Waals surface area contributed by atoms with Crippen molar-refractivity contribution in [1.82, 2.24) is 0 Å². The van der Waals surface area contributed by atoms with Crippen LogP contribution in [0.5, 0.6) is 0 Å². The summed E-state index contributed by atoms with van der Waals surface area (Å²) in [7, 11) is 0. The van der Waals surface area contributed by atoms with E-state index in [0.717, 1.165) is 50.1 Å². The van der Waals surface area contributed by atoms with Gasteiger partial charge in [-0.05, 0) is 81.9 Å². The Balaban J connectivity index is 1.34. The van der Waals surface area contributed by atoms with E-state index in [1.54, 1.807) is 0 Å². The van der Waals surface area contributed by atoms with Crippen molar-refractivity contribution in [2.75, 3.05) is 4.90 Å². The molecule has 0 aliphatic carbocycles. The van der Waals surface area contributed by atoms with Crippen molar-refractivity contribution >= 4 is 70.5 Å². The molecule has 3 heteroatoms. The molecule has 0 radical (unpaired) electrons. The fraction of sp³-hybridized carbons (Fsp3) is 0. The second-order valence-corrected chi connectivity index (χ2v) is 13.9. The number of nitrogens with zero attached hydrogens (tertiary/aromatic N) is 1. The minimum Gasteiger partial charge on any atom is -0.456 e. The van der Waals surface area contributed by atoms with Crippen molar-refractivity contribution in [1.29, 1.82) is 0 Å². The van der Waals surface area contributed by atoms with E-state index < -0.39 is 0 Å². The van der Waals surface area contributed by atoms with E-state index in [2.05, 4.69) is 187 Å². The maximum absolute atomic E-state index is 6.49. The van der Waals surface area contributed by atoms with Crippen LogP contribution in [0.3, 0.4) is 0 Å². The second-order valence-electron chi connectivity index (χ2n) is 12.9. The molecule has 0 fully saturated rings. The number of thiophene rings is 1. The Hall–Kier alpha value is -6.42. The molecule has 0 saturated heterocycles. The van der Waals surface area contributed by atoms with Crippen LogP contribution >= 0.6 is 11.3 Å². The first-order valence-electron chi connectivity index (χ1n) is 17.3. The summed E-state index contributed by atoms with van der Waals surface area (Å²) in [5, 5.41) is 4.74. The molecule has 0 atom stereocenters. The molecule has 0 amide bonds. The molecule has 0 unspecified atom stereocenters. The quantitative estimate of drug-likeness (QED) is 0.175. The van der Waals surface area contributed by atoms with Gasteiger partial charge in [0, 0.05) is 26.5 Å². The highest BCUT2D eigenvalue weighted by Gasteiger charge is 2.24. The normalized spacial score (nSPS) is 11.5. The first-order chi connectivity index (χ1) is 25.3. The summed E-state index contributed by atoms with van der Waals surface area (Å²) in [4.78, 5) is 2.47. The molecule has 0 N–H and O–H groups in total. The predicted octanol–water partition coefficient (Wildman–Crippen LogP) is 14.4. The van der Waals surface area contributed by atoms with Gasteiger partial charge in [-0.1, -0.05) is 140 Å². The maximum atomic E-state index is 6.49. The second kappa shape index (κ2) is 12.2. The molecule has 2 nitrogen and oxygen atoms in total. The molecule has 0 bridgehead atoms. The zero-order valence-corrected chi connectivity index (χ0v) is 28.5. The van der Waals surface area contributed by atoms with Gasteiger partial charge in [-0.2, -0.15) is 0 Å². The van der Waals surface area contributed by atoms with Gasteiger partial charge in [-0.25, -0.2) is 0 Å². The zero-order chi connectivity index (χ0) is 33.7. The Morgan fingerprint density at radius 3 is 1.69 bits per heavy atom. The van der Waals surface area contributed by atoms with Gasteiger partial charge in [-0.3, -0.25) is 0 Å². The van der Waals surface area contributed by atoms with Crippen LogP contribution in [0.15, 0.2) is 192 Å². The van der Waals surface area contributed by atoms with Gasteiger partial charge in [0.15, 0.2) is 0 Å². The third kappa shape index (κ3) is 5.01. The van der Waals surface area contributed by atoms with Gasteiger partial charge in [0.2, 0.25) is 0 Å². The minimum atomic E-state index is 0.870. The largest absolute Gasteiger partial charge is 0.456 e. The highest BCUT2D eigenvalue weighted by atomic mass is 32.1. The van der Waals surface area contributed by atoms with E-state index in [-0.39, 0.29) is 0 Å². The first-order valence-corrected chi connectivity index (χ1v) is 18.1. The summed E-state index contributed by atoms with van der Waals surface area (Å²) in [6.45, 7) is 0. The van der Waals surface area contributed by atoms with Crippen LogP contribution in [0, 0.1) is 0 Å². The number of rotatable bonds is 6. The summed E-state index contributed by atoms with van der Waals surface area (Å²) in [6.07, 6.45) is 0. The number of fused-ring (bicyclic) bond motifs is 6. The Labute approximate surface area is 300 Å². The van der Waals surface area contributed by atoms with E-state index in [4.69, 9.17) is 4.42 Å². The van der Waals surface area contributed by atoms with E-state index in [9.17, 15) is 0 Å². The topological polar surface area (TPSA) is 16.4 Å². The average Bonchev–Trinajstić information content (AvgIpc) is 3.79. The third-order valence-electron chi connectivity index (χ3n) is 9.84. The summed E-state index contributed by atoms with van der Waals surface area (Å²) in [6, 6.07) is 67.4. The number of benzene rings is 8. The lowest BCUT2D eigenvalue weighted by Crippen LogP contribution is -2.11. The Kier molecular flexibility index (Phi) is 7.04. The van der Waals surface area contributed by atoms with E-state index >= 15 is 0 Å². The van der Waals surface area contributed by atoms with Crippen LogP contribution in [0.2, 0.25) is 0 Å². The lowest BCUT2D eigenvalue weighted by Gasteiger charge is -2.28. The molecular weight excluding hydrogens is 639 g/mol. The van der Waals surface area contributed by atoms with Crippen LogP contribution < -0.4 is 4.90 Å². The van der Waals surface area contributed by atoms with Crippen LogP contribution in [0.4, 0.5) is 17.1 Å². The van der Waals surface area contributed by atoms with Crippen LogP contribution in [0.1, 0.15) is 0 Å². The third-order valence-corrected chi connectivity index (χ3v) is 11.0. The summed E-state index contributed by atoms with van der Waals surface area (Å²) >= 11 is 1.86. The molecule has 10 rings (SSSR count). The number of furan rings is 1. The first kappa shape index (κ1) is 29.5. The minimum absolute atomic E-state index is 0.870. The molecular formula is C48H31NOS. The SMILES string of the molecule is c1ccc(-c2cc(-c3ccccc3)cc(N(c3ccc(-c4ccccc4)c4c3sc3ccccc34)c3cccc4oc5ccccc5c34)c2)cc1. The van der Waals surface area contributed by atoms with Gasteiger partial charge < -0.3 is 9.32 Å². The lowest BCUT2D eigenvalue weighted by atomic mass is 9.96. The van der Waals surface area contributed by atoms with Crippen molar-refractivity contribution in [3.05, 3.63) is 188 Å².